The second-order valence-corrected chi connectivity index (χ2v) is 6.71. The lowest BCUT2D eigenvalue weighted by Crippen LogP contribution is -2.36. The molecule has 104 valence electrons. The van der Waals surface area contributed by atoms with E-state index in [0.29, 0.717) is 18.9 Å². The fraction of sp³-hybridized carbons (Fsp3) is 0.214. The van der Waals surface area contributed by atoms with Crippen LogP contribution in [0.5, 0.6) is 0 Å². The Hall–Kier alpha value is -1.92. The summed E-state index contributed by atoms with van der Waals surface area (Å²) >= 11 is 0. The molecule has 0 amide bonds. The average Bonchev–Trinajstić information content (AvgIpc) is 2.47. The summed E-state index contributed by atoms with van der Waals surface area (Å²) in [5.74, 6) is 0.313. The van der Waals surface area contributed by atoms with Gasteiger partial charge in [-0.15, -0.1) is 0 Å². The van der Waals surface area contributed by atoms with E-state index >= 15 is 0 Å². The molecule has 20 heavy (non-hydrogen) atoms. The highest BCUT2D eigenvalue weighted by molar-refractivity contribution is 7.89. The molecule has 2 N–H and O–H groups in total. The molecule has 5 nitrogen and oxygen atoms in total. The first-order chi connectivity index (χ1) is 9.57. The lowest BCUT2D eigenvalue weighted by atomic mass is 10.0. The van der Waals surface area contributed by atoms with Gasteiger partial charge in [0, 0.05) is 19.3 Å². The molecule has 1 aliphatic heterocycles. The summed E-state index contributed by atoms with van der Waals surface area (Å²) in [7, 11) is -3.51. The second kappa shape index (κ2) is 4.88. The summed E-state index contributed by atoms with van der Waals surface area (Å²) in [6.45, 7) is 0.895. The van der Waals surface area contributed by atoms with Crippen LogP contribution in [0.1, 0.15) is 11.1 Å². The zero-order valence-electron chi connectivity index (χ0n) is 10.9. The number of nitrogens with zero attached hydrogens (tertiary/aromatic N) is 2. The Labute approximate surface area is 118 Å². The quantitative estimate of drug-likeness (QED) is 0.907. The van der Waals surface area contributed by atoms with E-state index in [1.54, 1.807) is 0 Å². The lowest BCUT2D eigenvalue weighted by molar-refractivity contribution is 0.391. The van der Waals surface area contributed by atoms with Gasteiger partial charge >= 0.3 is 0 Å². The van der Waals surface area contributed by atoms with Crippen molar-refractivity contribution in [3.63, 3.8) is 0 Å². The molecule has 1 aromatic carbocycles. The van der Waals surface area contributed by atoms with E-state index in [9.17, 15) is 8.42 Å². The van der Waals surface area contributed by atoms with Crippen LogP contribution < -0.4 is 5.73 Å². The van der Waals surface area contributed by atoms with Gasteiger partial charge in [0.25, 0.3) is 0 Å². The van der Waals surface area contributed by atoms with Gasteiger partial charge < -0.3 is 5.73 Å². The number of aromatic nitrogens is 1. The van der Waals surface area contributed by atoms with Crippen LogP contribution in [0.15, 0.2) is 47.5 Å². The predicted molar refractivity (Wildman–Crippen MR) is 76.4 cm³/mol. The number of fused-ring (bicyclic) bond motifs is 1. The highest BCUT2D eigenvalue weighted by Crippen LogP contribution is 2.24. The summed E-state index contributed by atoms with van der Waals surface area (Å²) in [6.07, 6.45) is 2.04. The Morgan fingerprint density at radius 1 is 1.10 bits per heavy atom. The van der Waals surface area contributed by atoms with E-state index in [2.05, 4.69) is 4.98 Å². The Morgan fingerprint density at radius 2 is 1.85 bits per heavy atom. The van der Waals surface area contributed by atoms with Gasteiger partial charge in [0.2, 0.25) is 10.0 Å². The van der Waals surface area contributed by atoms with Gasteiger partial charge in [-0.25, -0.2) is 13.4 Å². The van der Waals surface area contributed by atoms with E-state index in [0.717, 1.165) is 12.0 Å². The molecular weight excluding hydrogens is 274 g/mol. The van der Waals surface area contributed by atoms with Gasteiger partial charge in [-0.05, 0) is 29.7 Å². The third kappa shape index (κ3) is 2.28. The van der Waals surface area contributed by atoms with Crippen molar-refractivity contribution in [1.29, 1.82) is 0 Å². The van der Waals surface area contributed by atoms with Gasteiger partial charge in [0.15, 0.2) is 0 Å². The standard InChI is InChI=1S/C14H15N3O2S/c15-14-6-5-13(9-16-14)20(18,19)17-8-7-11-3-1-2-4-12(11)10-17/h1-6,9H,7-8,10H2,(H2,15,16). The number of rotatable bonds is 2. The molecule has 6 heteroatoms. The third-order valence-electron chi connectivity index (χ3n) is 3.49. The van der Waals surface area contributed by atoms with Crippen molar-refractivity contribution in [1.82, 2.24) is 9.29 Å². The Kier molecular flexibility index (Phi) is 3.19. The largest absolute Gasteiger partial charge is 0.384 e. The first-order valence-corrected chi connectivity index (χ1v) is 7.80. The molecule has 2 aromatic rings. The topological polar surface area (TPSA) is 76.3 Å². The number of hydrogen-bond acceptors (Lipinski definition) is 4. The highest BCUT2D eigenvalue weighted by Gasteiger charge is 2.28. The molecule has 0 aliphatic carbocycles. The maximum atomic E-state index is 12.6. The summed E-state index contributed by atoms with van der Waals surface area (Å²) in [4.78, 5) is 4.04. The highest BCUT2D eigenvalue weighted by atomic mass is 32.2. The number of nitrogen functional groups attached to an aromatic ring is 1. The fourth-order valence-electron chi connectivity index (χ4n) is 2.37. The van der Waals surface area contributed by atoms with Crippen molar-refractivity contribution in [3.8, 4) is 0 Å². The van der Waals surface area contributed by atoms with Crippen LogP contribution in [0.2, 0.25) is 0 Å². The number of sulfonamides is 1. The Morgan fingerprint density at radius 3 is 2.55 bits per heavy atom. The van der Waals surface area contributed by atoms with Gasteiger partial charge in [0.1, 0.15) is 10.7 Å². The van der Waals surface area contributed by atoms with Gasteiger partial charge in [-0.2, -0.15) is 4.31 Å². The maximum Gasteiger partial charge on any atom is 0.244 e. The monoisotopic (exact) mass is 289 g/mol. The van der Waals surface area contributed by atoms with Crippen molar-refractivity contribution in [2.24, 2.45) is 0 Å². The molecule has 0 atom stereocenters. The summed E-state index contributed by atoms with van der Waals surface area (Å²) in [6, 6.07) is 10.9. The Balaban J connectivity index is 1.92. The van der Waals surface area contributed by atoms with Crippen LogP contribution in [-0.2, 0) is 23.0 Å². The zero-order valence-corrected chi connectivity index (χ0v) is 11.7. The average molecular weight is 289 g/mol. The molecule has 0 fully saturated rings. The van der Waals surface area contributed by atoms with Crippen molar-refractivity contribution in [3.05, 3.63) is 53.7 Å². The molecule has 0 saturated heterocycles. The van der Waals surface area contributed by atoms with Gasteiger partial charge in [-0.1, -0.05) is 24.3 Å². The fourth-order valence-corrected chi connectivity index (χ4v) is 3.73. The van der Waals surface area contributed by atoms with Crippen LogP contribution in [0.4, 0.5) is 5.82 Å². The molecule has 0 unspecified atom stereocenters. The van der Waals surface area contributed by atoms with Gasteiger partial charge in [0.05, 0.1) is 0 Å². The van der Waals surface area contributed by atoms with Gasteiger partial charge in [-0.3, -0.25) is 0 Å². The van der Waals surface area contributed by atoms with Crippen LogP contribution in [0, 0.1) is 0 Å². The van der Waals surface area contributed by atoms with Crippen molar-refractivity contribution >= 4 is 15.8 Å². The molecule has 0 radical (unpaired) electrons. The van der Waals surface area contributed by atoms with E-state index in [-0.39, 0.29) is 4.90 Å². The SMILES string of the molecule is Nc1ccc(S(=O)(=O)N2CCc3ccccc3C2)cn1. The van der Waals surface area contributed by atoms with E-state index in [1.165, 1.54) is 28.2 Å². The number of benzene rings is 1. The molecule has 3 rings (SSSR count). The molecule has 0 spiro atoms. The molecule has 1 aliphatic rings. The summed E-state index contributed by atoms with van der Waals surface area (Å²) in [5, 5.41) is 0. The minimum absolute atomic E-state index is 0.186. The van der Waals surface area contributed by atoms with E-state index in [1.807, 2.05) is 24.3 Å². The number of nitrogens with two attached hydrogens (primary N) is 1. The Bertz CT molecular complexity index is 726. The number of hydrogen-bond donors (Lipinski definition) is 1. The lowest BCUT2D eigenvalue weighted by Gasteiger charge is -2.27. The van der Waals surface area contributed by atoms with E-state index in [4.69, 9.17) is 5.73 Å². The van der Waals surface area contributed by atoms with Crippen molar-refractivity contribution in [2.45, 2.75) is 17.9 Å². The molecule has 1 aromatic heterocycles. The van der Waals surface area contributed by atoms with Crippen molar-refractivity contribution in [2.75, 3.05) is 12.3 Å². The molecule has 2 heterocycles. The van der Waals surface area contributed by atoms with Crippen LogP contribution >= 0.6 is 0 Å². The molecule has 0 saturated carbocycles. The minimum Gasteiger partial charge on any atom is -0.384 e. The van der Waals surface area contributed by atoms with Crippen LogP contribution in [-0.4, -0.2) is 24.3 Å². The number of anilines is 1. The third-order valence-corrected chi connectivity index (χ3v) is 5.32. The maximum absolute atomic E-state index is 12.6. The van der Waals surface area contributed by atoms with Crippen LogP contribution in [0.3, 0.4) is 0 Å². The number of pyridine rings is 1. The summed E-state index contributed by atoms with van der Waals surface area (Å²) in [5.41, 5.74) is 7.77. The molecular formula is C14H15N3O2S. The van der Waals surface area contributed by atoms with Crippen molar-refractivity contribution < 1.29 is 8.42 Å². The normalized spacial score (nSPS) is 15.8. The van der Waals surface area contributed by atoms with E-state index < -0.39 is 10.0 Å². The minimum atomic E-state index is -3.51. The first kappa shape index (κ1) is 13.1. The zero-order chi connectivity index (χ0) is 14.2. The van der Waals surface area contributed by atoms with Crippen LogP contribution in [0.25, 0.3) is 0 Å². The smallest absolute Gasteiger partial charge is 0.244 e. The second-order valence-electron chi connectivity index (χ2n) is 4.78. The first-order valence-electron chi connectivity index (χ1n) is 6.36. The summed E-state index contributed by atoms with van der Waals surface area (Å²) < 4.78 is 26.6. The molecule has 0 bridgehead atoms. The predicted octanol–water partition coefficient (Wildman–Crippen LogP) is 1.41.